The van der Waals surface area contributed by atoms with Gasteiger partial charge < -0.3 is 88.6 Å². The summed E-state index contributed by atoms with van der Waals surface area (Å²) < 4.78 is 103. The molecule has 782 valence electrons. The minimum Gasteiger partial charge on any atom is -0.716 e. The Balaban J connectivity index is 0.000000302. The third kappa shape index (κ3) is 41.2. The van der Waals surface area contributed by atoms with E-state index in [2.05, 4.69) is 210 Å². The fourth-order valence-corrected chi connectivity index (χ4v) is 17.5. The van der Waals surface area contributed by atoms with Crippen LogP contribution in [0.3, 0.4) is 0 Å². The lowest BCUT2D eigenvalue weighted by Gasteiger charge is -2.36. The van der Waals surface area contributed by atoms with Crippen LogP contribution in [-0.2, 0) is 107 Å². The average molecular weight is 2100 g/mol. The Morgan fingerprint density at radius 3 is 0.910 bits per heavy atom. The number of amides is 7. The van der Waals surface area contributed by atoms with Crippen LogP contribution in [0.5, 0.6) is 34.5 Å². The molecule has 0 spiro atoms. The summed E-state index contributed by atoms with van der Waals surface area (Å²) in [5, 5.41) is 19.3. The van der Waals surface area contributed by atoms with E-state index >= 15 is 0 Å². The number of hydrogen-bond donors (Lipinski definition) is 9. The Bertz CT molecular complexity index is 6140. The smallest absolute Gasteiger partial charge is 0.346 e. The Morgan fingerprint density at radius 1 is 0.379 bits per heavy atom. The minimum atomic E-state index is -4.96. The van der Waals surface area contributed by atoms with E-state index in [1.165, 1.54) is 80.3 Å². The quantitative estimate of drug-likeness (QED) is 0.00433. The van der Waals surface area contributed by atoms with Gasteiger partial charge in [-0.05, 0) is 228 Å². The van der Waals surface area contributed by atoms with E-state index in [1.54, 1.807) is 73.8 Å². The fourth-order valence-electron chi connectivity index (χ4n) is 12.7. The van der Waals surface area contributed by atoms with E-state index in [4.69, 9.17) is 29.2 Å². The molecular formula is C108H143N9O22S2Si4-2. The van der Waals surface area contributed by atoms with Gasteiger partial charge in [0.25, 0.3) is 32.6 Å². The van der Waals surface area contributed by atoms with E-state index in [0.717, 1.165) is 52.2 Å². The Kier molecular flexibility index (Phi) is 45.2. The lowest BCUT2D eigenvalue weighted by atomic mass is 10.0. The zero-order valence-electron chi connectivity index (χ0n) is 87.3. The van der Waals surface area contributed by atoms with Gasteiger partial charge in [-0.1, -0.05) is 247 Å². The zero-order chi connectivity index (χ0) is 108. The number of nitrogens with one attached hydrogen (secondary N) is 7. The fraction of sp³-hybridized carbons (Fsp3) is 0.361. The standard InChI is InChI=1S/C40H57N3O5Si2.C28H29N3O11S2.C16H28N2O2Si.C14H25NOSi.C10H6O3/c1-39(2,3)49(8,9)47-32-21-17-29(18-22-32)25-26-42-37(45)34(31-15-13-12-14-16-31)28-36(44)43-35(38(46)41-7)27-30-19-23-33(24-20-30)48-50(10,11)40(4,5)6;1-29-28(34)25(17-20-9-13-23(14-10-20)42-44(38,39)40)31-26(32)18-24(21-5-3-2-4-6-21)27(33)30-16-15-19-7-11-22(12-8-19)41-43(35,36)37;1-16(2,3)21(5,6)20-13-9-7-12(8-10-13)11-14(17)15(19)18-4;1-14(2,3)17(4,5)16-13-8-6-12(7-9-13)10-11-15;11-9-6-8(10(12)13-9)7-4-2-1-3-5-7/h12-24,28,35H,25-27H2,1-11H3,(H,41,46)(H,42,45)(H,43,44);2-14,18,25H,15-17H2,1H3,(H,29,34)(H,30,33)(H,31,32)(H,35,36,37)(H,38,39,40);7-10,14H,11,17H2,1-6H3,(H,18,19);6-9H,10-11,15H2,1-5H3;1-6H/p-2/b34-28-;24-18-;;;. The first-order valence-electron chi connectivity index (χ1n) is 47.5. The molecule has 0 saturated carbocycles. The maximum Gasteiger partial charge on any atom is 0.346 e. The highest BCUT2D eigenvalue weighted by Crippen LogP contribution is 2.42. The summed E-state index contributed by atoms with van der Waals surface area (Å²) >= 11 is 0. The van der Waals surface area contributed by atoms with E-state index in [9.17, 15) is 69.1 Å². The molecule has 11 N–H and O–H groups in total. The predicted molar refractivity (Wildman–Crippen MR) is 576 cm³/mol. The number of hydrogen-bond acceptors (Lipinski definition) is 24. The highest BCUT2D eigenvalue weighted by Gasteiger charge is 2.43. The van der Waals surface area contributed by atoms with Crippen molar-refractivity contribution in [3.63, 3.8) is 0 Å². The van der Waals surface area contributed by atoms with Crippen LogP contribution >= 0.6 is 0 Å². The van der Waals surface area contributed by atoms with Crippen LogP contribution in [0.15, 0.2) is 255 Å². The van der Waals surface area contributed by atoms with Gasteiger partial charge in [-0.25, -0.2) is 26.4 Å². The van der Waals surface area contributed by atoms with Gasteiger partial charge in [-0.2, -0.15) is 0 Å². The Labute approximate surface area is 859 Å². The molecule has 0 saturated heterocycles. The number of ether oxygens (including phenoxy) is 1. The lowest BCUT2D eigenvalue weighted by molar-refractivity contribution is -0.150. The SMILES string of the molecule is CC(C)(C)[Si](C)(C)Oc1ccc(CCN)cc1.CNC(=O)C(Cc1ccc(OS(=O)(=O)[O-])cc1)NC(=O)/C=C(\C(=O)NCCc1ccc(OS(=O)(=O)[O-])cc1)c1ccccc1.CNC(=O)C(Cc1ccc(O[Si](C)(C)C(C)(C)C)cc1)NC(=O)/C=C(\C(=O)NCCc1ccc(O[Si](C)(C)C(C)(C)C)cc1)c1ccccc1.CNC(=O)C(N)Cc1ccc(O[Si](C)(C)C(C)(C)C)cc1.O=C1C=C(c2ccccc2)C(=O)O1. The molecule has 10 rings (SSSR count). The summed E-state index contributed by atoms with van der Waals surface area (Å²) in [6.45, 7) is 45.6. The molecule has 3 atom stereocenters. The topological polar surface area (TPSA) is 469 Å². The van der Waals surface area contributed by atoms with E-state index in [-0.39, 0.29) is 79.9 Å². The first-order valence-corrected chi connectivity index (χ1v) is 61.8. The van der Waals surface area contributed by atoms with Crippen LogP contribution in [0, 0.1) is 0 Å². The average Bonchev–Trinajstić information content (AvgIpc) is 1.49. The molecular weight excluding hydrogens is 1950 g/mol. The van der Waals surface area contributed by atoms with Crippen LogP contribution in [-0.4, -0.2) is 171 Å². The van der Waals surface area contributed by atoms with Crippen molar-refractivity contribution in [3.8, 4) is 34.5 Å². The van der Waals surface area contributed by atoms with E-state index in [1.807, 2.05) is 97.1 Å². The van der Waals surface area contributed by atoms with Gasteiger partial charge in [0.1, 0.15) is 46.6 Å². The number of cyclic esters (lactones) is 2. The number of benzene rings is 9. The van der Waals surface area contributed by atoms with Gasteiger partial charge in [0.05, 0.1) is 22.8 Å². The second kappa shape index (κ2) is 54.3. The van der Waals surface area contributed by atoms with E-state index < -0.39 is 108 Å². The van der Waals surface area contributed by atoms with Crippen LogP contribution in [0.1, 0.15) is 133 Å². The normalized spacial score (nSPS) is 13.2. The molecule has 0 radical (unpaired) electrons. The summed E-state index contributed by atoms with van der Waals surface area (Å²) in [5.41, 5.74) is 19.1. The van der Waals surface area contributed by atoms with Crippen molar-refractivity contribution in [2.45, 2.75) is 212 Å². The first kappa shape index (κ1) is 121. The van der Waals surface area contributed by atoms with Crippen molar-refractivity contribution in [1.29, 1.82) is 0 Å². The van der Waals surface area contributed by atoms with Gasteiger partial charge in [-0.3, -0.25) is 33.6 Å². The van der Waals surface area contributed by atoms with Crippen molar-refractivity contribution < 1.29 is 99.9 Å². The maximum absolute atomic E-state index is 13.5. The monoisotopic (exact) mass is 2090 g/mol. The van der Waals surface area contributed by atoms with Crippen molar-refractivity contribution in [2.75, 3.05) is 40.8 Å². The van der Waals surface area contributed by atoms with Gasteiger partial charge in [0.2, 0.25) is 62.8 Å². The van der Waals surface area contributed by atoms with Crippen molar-refractivity contribution in [1.82, 2.24) is 37.2 Å². The molecule has 0 fully saturated rings. The van der Waals surface area contributed by atoms with Crippen molar-refractivity contribution in [3.05, 3.63) is 305 Å². The molecule has 9 aromatic rings. The summed E-state index contributed by atoms with van der Waals surface area (Å²) in [6.07, 6.45) is 6.19. The van der Waals surface area contributed by atoms with Crippen LogP contribution in [0.4, 0.5) is 0 Å². The molecule has 3 unspecified atom stereocenters. The van der Waals surface area contributed by atoms with Gasteiger partial charge in [0.15, 0.2) is 0 Å². The molecule has 37 heteroatoms. The molecule has 0 aliphatic carbocycles. The molecule has 0 bridgehead atoms. The van der Waals surface area contributed by atoms with Gasteiger partial charge >= 0.3 is 11.9 Å². The Hall–Kier alpha value is -13.0. The molecule has 31 nitrogen and oxygen atoms in total. The number of carbonyl (C=O) groups excluding carboxylic acids is 9. The Morgan fingerprint density at radius 2 is 0.648 bits per heavy atom. The summed E-state index contributed by atoms with van der Waals surface area (Å²) in [7, 11) is -12.8. The molecule has 1 heterocycles. The third-order valence-electron chi connectivity index (χ3n) is 25.1. The second-order valence-corrected chi connectivity index (χ2v) is 61.4. The highest BCUT2D eigenvalue weighted by molar-refractivity contribution is 7.81. The second-order valence-electron chi connectivity index (χ2n) is 40.5. The zero-order valence-corrected chi connectivity index (χ0v) is 92.9. The third-order valence-corrected chi connectivity index (χ3v) is 43.4. The van der Waals surface area contributed by atoms with Crippen molar-refractivity contribution >= 4 is 124 Å². The summed E-state index contributed by atoms with van der Waals surface area (Å²) in [5.74, 6) is -1.27. The largest absolute Gasteiger partial charge is 0.716 e. The van der Waals surface area contributed by atoms with Crippen LogP contribution < -0.4 is 74.8 Å². The van der Waals surface area contributed by atoms with Crippen LogP contribution in [0.2, 0.25) is 72.5 Å². The molecule has 9 aromatic carbocycles. The van der Waals surface area contributed by atoms with Crippen LogP contribution in [0.25, 0.3) is 16.7 Å². The molecule has 0 aromatic heterocycles. The minimum absolute atomic E-state index is 0.0128. The first-order chi connectivity index (χ1) is 67.5. The number of likely N-dealkylation sites (N-methyl/N-ethyl adjacent to an activating group) is 3. The number of rotatable bonds is 38. The number of carbonyl (C=O) groups is 9. The number of esters is 2. The maximum atomic E-state index is 13.5. The van der Waals surface area contributed by atoms with Gasteiger partial charge in [-0.15, -0.1) is 0 Å². The summed E-state index contributed by atoms with van der Waals surface area (Å²) in [6, 6.07) is 66.7. The molecule has 1 aliphatic rings. The lowest BCUT2D eigenvalue weighted by Crippen LogP contribution is -2.46. The van der Waals surface area contributed by atoms with Crippen molar-refractivity contribution in [2.24, 2.45) is 11.5 Å². The number of nitrogens with two attached hydrogens (primary N) is 2. The summed E-state index contributed by atoms with van der Waals surface area (Å²) in [4.78, 5) is 112. The highest BCUT2D eigenvalue weighted by atomic mass is 32.3. The molecule has 7 amide bonds. The molecule has 145 heavy (non-hydrogen) atoms. The predicted octanol–water partition coefficient (Wildman–Crippen LogP) is 15.7. The van der Waals surface area contributed by atoms with Gasteiger partial charge in [0, 0.05) is 65.3 Å². The molecule has 1 aliphatic heterocycles. The van der Waals surface area contributed by atoms with E-state index in [0.29, 0.717) is 65.7 Å².